The van der Waals surface area contributed by atoms with E-state index in [1.54, 1.807) is 4.31 Å². The van der Waals surface area contributed by atoms with Gasteiger partial charge in [0.1, 0.15) is 11.6 Å². The van der Waals surface area contributed by atoms with E-state index in [-0.39, 0.29) is 5.92 Å². The first-order valence-electron chi connectivity index (χ1n) is 10.8. The van der Waals surface area contributed by atoms with Crippen molar-refractivity contribution in [1.29, 1.82) is 0 Å². The summed E-state index contributed by atoms with van der Waals surface area (Å²) in [6.45, 7) is 9.55. The minimum absolute atomic E-state index is 0.216. The summed E-state index contributed by atoms with van der Waals surface area (Å²) in [4.78, 5) is 4.85. The van der Waals surface area contributed by atoms with Gasteiger partial charge in [0, 0.05) is 30.8 Å². The average Bonchev–Trinajstić information content (AvgIpc) is 3.27. The van der Waals surface area contributed by atoms with Gasteiger partial charge in [-0.15, -0.1) is 0 Å². The van der Waals surface area contributed by atoms with Crippen LogP contribution in [0.3, 0.4) is 0 Å². The van der Waals surface area contributed by atoms with Crippen molar-refractivity contribution in [2.24, 2.45) is 0 Å². The van der Waals surface area contributed by atoms with Crippen LogP contribution in [0.4, 0.5) is 0 Å². The highest BCUT2D eigenvalue weighted by Gasteiger charge is 2.33. The summed E-state index contributed by atoms with van der Waals surface area (Å²) in [5.74, 6) is 2.10. The second-order valence-corrected chi connectivity index (χ2v) is 10.8. The van der Waals surface area contributed by atoms with Gasteiger partial charge in [-0.3, -0.25) is 0 Å². The smallest absolute Gasteiger partial charge is 0.243 e. The van der Waals surface area contributed by atoms with Crippen LogP contribution in [-0.4, -0.2) is 47.0 Å². The van der Waals surface area contributed by atoms with Crippen molar-refractivity contribution in [3.8, 4) is 5.75 Å². The number of nitrogens with zero attached hydrogens (tertiary/aromatic N) is 4. The summed E-state index contributed by atoms with van der Waals surface area (Å²) in [7, 11) is -3.53. The normalized spacial score (nSPS) is 20.2. The molecule has 2 aromatic heterocycles. The molecule has 0 saturated carbocycles. The largest absolute Gasteiger partial charge is 0.493 e. The molecule has 0 radical (unpaired) electrons. The van der Waals surface area contributed by atoms with Crippen molar-refractivity contribution in [3.63, 3.8) is 0 Å². The fraction of sp³-hybridized carbons (Fsp3) is 0.478. The molecule has 7 nitrogen and oxygen atoms in total. The quantitative estimate of drug-likeness (QED) is 0.620. The molecule has 5 rings (SSSR count). The van der Waals surface area contributed by atoms with Gasteiger partial charge in [0.25, 0.3) is 0 Å². The van der Waals surface area contributed by atoms with Crippen molar-refractivity contribution in [3.05, 3.63) is 52.5 Å². The number of ether oxygens (including phenoxy) is 1. The third-order valence-corrected chi connectivity index (χ3v) is 8.71. The molecular formula is C23H28N4O3S. The first-order valence-corrected chi connectivity index (χ1v) is 12.3. The van der Waals surface area contributed by atoms with Gasteiger partial charge >= 0.3 is 0 Å². The van der Waals surface area contributed by atoms with E-state index >= 15 is 0 Å². The Hall–Kier alpha value is -2.45. The number of benzene rings is 1. The zero-order chi connectivity index (χ0) is 21.9. The SMILES string of the molecule is Cc1nc2cc(C)c(C3CCN(S(=O)(=O)c4cc5c(cc4C)OCC5C)CC3)cn2n1. The highest BCUT2D eigenvalue weighted by molar-refractivity contribution is 7.89. The standard InChI is InChI=1S/C23H28N4O3S/c1-14-10-23-24-17(4)25-27(23)12-20(14)18-5-7-26(8-6-18)31(28,29)22-11-19-16(3)13-30-21(19)9-15(22)2/h9-12,16,18H,5-8,13H2,1-4H3. The van der Waals surface area contributed by atoms with Crippen molar-refractivity contribution in [1.82, 2.24) is 18.9 Å². The molecule has 2 aliphatic heterocycles. The van der Waals surface area contributed by atoms with Gasteiger partial charge in [0.2, 0.25) is 10.0 Å². The molecule has 31 heavy (non-hydrogen) atoms. The summed E-state index contributed by atoms with van der Waals surface area (Å²) in [5.41, 5.74) is 5.01. The van der Waals surface area contributed by atoms with Crippen LogP contribution in [0.15, 0.2) is 29.3 Å². The third kappa shape index (κ3) is 3.42. The van der Waals surface area contributed by atoms with Gasteiger partial charge in [-0.1, -0.05) is 6.92 Å². The van der Waals surface area contributed by atoms with Crippen LogP contribution in [0.5, 0.6) is 5.75 Å². The number of sulfonamides is 1. The lowest BCUT2D eigenvalue weighted by atomic mass is 9.89. The number of rotatable bonds is 3. The first-order chi connectivity index (χ1) is 14.7. The highest BCUT2D eigenvalue weighted by atomic mass is 32.2. The van der Waals surface area contributed by atoms with Crippen LogP contribution < -0.4 is 4.74 Å². The Labute approximate surface area is 183 Å². The van der Waals surface area contributed by atoms with Gasteiger partial charge in [-0.05, 0) is 74.4 Å². The Balaban J connectivity index is 1.38. The Morgan fingerprint density at radius 1 is 1.03 bits per heavy atom. The van der Waals surface area contributed by atoms with Crippen LogP contribution in [0.1, 0.15) is 59.7 Å². The molecule has 1 atom stereocenters. The van der Waals surface area contributed by atoms with Gasteiger partial charge in [-0.25, -0.2) is 17.9 Å². The van der Waals surface area contributed by atoms with Crippen LogP contribution >= 0.6 is 0 Å². The summed E-state index contributed by atoms with van der Waals surface area (Å²) >= 11 is 0. The Morgan fingerprint density at radius 2 is 1.77 bits per heavy atom. The van der Waals surface area contributed by atoms with E-state index in [0.717, 1.165) is 41.2 Å². The van der Waals surface area contributed by atoms with E-state index in [1.807, 2.05) is 30.5 Å². The Bertz CT molecular complexity index is 1270. The molecule has 0 aliphatic carbocycles. The summed E-state index contributed by atoms with van der Waals surface area (Å²) in [5, 5.41) is 4.44. The maximum absolute atomic E-state index is 13.5. The number of hydrogen-bond acceptors (Lipinski definition) is 5. The number of hydrogen-bond donors (Lipinski definition) is 0. The third-order valence-electron chi connectivity index (χ3n) is 6.66. The molecule has 1 aromatic carbocycles. The molecule has 1 fully saturated rings. The number of fused-ring (bicyclic) bond motifs is 2. The molecule has 8 heteroatoms. The summed E-state index contributed by atoms with van der Waals surface area (Å²) in [6.07, 6.45) is 3.65. The number of aromatic nitrogens is 3. The van der Waals surface area contributed by atoms with Crippen molar-refractivity contribution in [2.75, 3.05) is 19.7 Å². The molecule has 2 aliphatic rings. The topological polar surface area (TPSA) is 76.8 Å². The van der Waals surface area contributed by atoms with Crippen LogP contribution in [0.25, 0.3) is 5.65 Å². The van der Waals surface area contributed by atoms with E-state index in [4.69, 9.17) is 4.74 Å². The fourth-order valence-electron chi connectivity index (χ4n) is 4.89. The lowest BCUT2D eigenvalue weighted by Gasteiger charge is -2.32. The number of aryl methyl sites for hydroxylation is 3. The second kappa shape index (κ2) is 7.31. The molecule has 1 unspecified atom stereocenters. The van der Waals surface area contributed by atoms with Gasteiger partial charge in [-0.2, -0.15) is 9.40 Å². The summed E-state index contributed by atoms with van der Waals surface area (Å²) < 4.78 is 36.1. The van der Waals surface area contributed by atoms with Crippen LogP contribution in [-0.2, 0) is 10.0 Å². The van der Waals surface area contributed by atoms with Crippen molar-refractivity contribution >= 4 is 15.7 Å². The maximum Gasteiger partial charge on any atom is 0.243 e. The molecule has 3 aromatic rings. The van der Waals surface area contributed by atoms with E-state index in [0.29, 0.717) is 30.5 Å². The lowest BCUT2D eigenvalue weighted by molar-refractivity contribution is 0.318. The number of pyridine rings is 1. The first kappa shape index (κ1) is 20.5. The molecular weight excluding hydrogens is 412 g/mol. The molecule has 1 saturated heterocycles. The Kier molecular flexibility index (Phi) is 4.82. The zero-order valence-electron chi connectivity index (χ0n) is 18.4. The van der Waals surface area contributed by atoms with Crippen molar-refractivity contribution in [2.45, 2.75) is 57.3 Å². The van der Waals surface area contributed by atoms with E-state index in [9.17, 15) is 8.42 Å². The molecule has 4 heterocycles. The van der Waals surface area contributed by atoms with E-state index in [1.165, 1.54) is 11.1 Å². The minimum atomic E-state index is -3.53. The zero-order valence-corrected chi connectivity index (χ0v) is 19.2. The lowest BCUT2D eigenvalue weighted by Crippen LogP contribution is -2.38. The predicted molar refractivity (Wildman–Crippen MR) is 118 cm³/mol. The number of piperidine rings is 1. The average molecular weight is 441 g/mol. The van der Waals surface area contributed by atoms with E-state index in [2.05, 4.69) is 36.2 Å². The van der Waals surface area contributed by atoms with Gasteiger partial charge in [0.05, 0.1) is 11.5 Å². The van der Waals surface area contributed by atoms with Gasteiger partial charge < -0.3 is 4.74 Å². The van der Waals surface area contributed by atoms with E-state index < -0.39 is 10.0 Å². The molecule has 0 amide bonds. The van der Waals surface area contributed by atoms with Crippen LogP contribution in [0, 0.1) is 20.8 Å². The summed E-state index contributed by atoms with van der Waals surface area (Å²) in [6, 6.07) is 5.77. The monoisotopic (exact) mass is 440 g/mol. The van der Waals surface area contributed by atoms with Gasteiger partial charge in [0.15, 0.2) is 5.65 Å². The Morgan fingerprint density at radius 3 is 2.52 bits per heavy atom. The molecule has 0 bridgehead atoms. The van der Waals surface area contributed by atoms with Crippen LogP contribution in [0.2, 0.25) is 0 Å². The minimum Gasteiger partial charge on any atom is -0.493 e. The molecule has 0 spiro atoms. The predicted octanol–water partition coefficient (Wildman–Crippen LogP) is 3.72. The molecule has 0 N–H and O–H groups in total. The maximum atomic E-state index is 13.5. The fourth-order valence-corrected chi connectivity index (χ4v) is 6.61. The molecule has 164 valence electrons. The highest BCUT2D eigenvalue weighted by Crippen LogP contribution is 2.39. The second-order valence-electron chi connectivity index (χ2n) is 8.92. The van der Waals surface area contributed by atoms with Crippen molar-refractivity contribution < 1.29 is 13.2 Å².